The lowest BCUT2D eigenvalue weighted by Crippen LogP contribution is -2.36. The first-order chi connectivity index (χ1) is 4.88. The molecule has 0 aromatic heterocycles. The summed E-state index contributed by atoms with van der Waals surface area (Å²) in [6.07, 6.45) is 6.30. The zero-order valence-electron chi connectivity index (χ0n) is 6.27. The first kappa shape index (κ1) is 6.20. The molecule has 2 saturated heterocycles. The van der Waals surface area contributed by atoms with Crippen molar-refractivity contribution in [2.24, 2.45) is 0 Å². The molecule has 0 aromatic carbocycles. The van der Waals surface area contributed by atoms with Crippen molar-refractivity contribution >= 4 is 5.84 Å². The Morgan fingerprint density at radius 2 is 2.20 bits per heavy atom. The summed E-state index contributed by atoms with van der Waals surface area (Å²) in [5.74, 6) is 0.893. The second kappa shape index (κ2) is 2.26. The Labute approximate surface area is 61.7 Å². The third-order valence-corrected chi connectivity index (χ3v) is 2.69. The fourth-order valence-corrected chi connectivity index (χ4v) is 2.10. The smallest absolute Gasteiger partial charge is 0.0960 e. The zero-order valence-corrected chi connectivity index (χ0v) is 6.27. The van der Waals surface area contributed by atoms with Gasteiger partial charge >= 0.3 is 0 Å². The molecule has 0 saturated carbocycles. The highest BCUT2D eigenvalue weighted by Gasteiger charge is 2.29. The molecular weight excluding hydrogens is 124 g/mol. The number of hydrogen-bond acceptors (Lipinski definition) is 1. The predicted molar refractivity (Wildman–Crippen MR) is 41.3 cm³/mol. The highest BCUT2D eigenvalue weighted by molar-refractivity contribution is 5.81. The molecule has 2 nitrogen and oxygen atoms in total. The van der Waals surface area contributed by atoms with Crippen LogP contribution in [0.3, 0.4) is 0 Å². The minimum Gasteiger partial charge on any atom is -0.358 e. The molecule has 0 spiro atoms. The summed E-state index contributed by atoms with van der Waals surface area (Å²) in [5, 5.41) is 7.60. The molecule has 0 unspecified atom stereocenters. The van der Waals surface area contributed by atoms with Gasteiger partial charge in [0.15, 0.2) is 0 Å². The Bertz CT molecular complexity index is 153. The molecule has 0 amide bonds. The molecule has 2 heteroatoms. The van der Waals surface area contributed by atoms with Gasteiger partial charge < -0.3 is 4.90 Å². The van der Waals surface area contributed by atoms with Crippen molar-refractivity contribution in [1.29, 1.82) is 5.41 Å². The average Bonchev–Trinajstić information content (AvgIpc) is 2.34. The lowest BCUT2D eigenvalue weighted by atomic mass is 10.0. The SMILES string of the molecule is N=C1CC[C@H]2CCCCN12. The van der Waals surface area contributed by atoms with Gasteiger partial charge in [0.05, 0.1) is 5.84 Å². The van der Waals surface area contributed by atoms with Gasteiger partial charge in [0, 0.05) is 19.0 Å². The molecule has 1 N–H and O–H groups in total. The normalized spacial score (nSPS) is 32.6. The van der Waals surface area contributed by atoms with Crippen molar-refractivity contribution in [3.63, 3.8) is 0 Å². The van der Waals surface area contributed by atoms with Crippen LogP contribution in [0.4, 0.5) is 0 Å². The molecule has 2 rings (SSSR count). The number of fused-ring (bicyclic) bond motifs is 1. The number of nitrogens with one attached hydrogen (secondary N) is 1. The molecule has 10 heavy (non-hydrogen) atoms. The molecular formula is C8H14N2. The Kier molecular flexibility index (Phi) is 1.40. The van der Waals surface area contributed by atoms with Crippen molar-refractivity contribution in [1.82, 2.24) is 4.90 Å². The third-order valence-electron chi connectivity index (χ3n) is 2.69. The zero-order chi connectivity index (χ0) is 6.97. The van der Waals surface area contributed by atoms with E-state index < -0.39 is 0 Å². The number of amidine groups is 1. The Hall–Kier alpha value is -0.530. The van der Waals surface area contributed by atoms with Crippen LogP contribution in [0.5, 0.6) is 0 Å². The summed E-state index contributed by atoms with van der Waals surface area (Å²) in [4.78, 5) is 2.30. The molecule has 0 aliphatic carbocycles. The summed E-state index contributed by atoms with van der Waals surface area (Å²) in [6.45, 7) is 1.16. The first-order valence-corrected chi connectivity index (χ1v) is 4.22. The maximum Gasteiger partial charge on any atom is 0.0960 e. The number of nitrogens with zero attached hydrogens (tertiary/aromatic N) is 1. The van der Waals surface area contributed by atoms with Crippen molar-refractivity contribution in [2.45, 2.75) is 38.1 Å². The van der Waals surface area contributed by atoms with Crippen molar-refractivity contribution in [2.75, 3.05) is 6.54 Å². The summed E-state index contributed by atoms with van der Waals surface area (Å²) >= 11 is 0. The van der Waals surface area contributed by atoms with Crippen LogP contribution in [0.15, 0.2) is 0 Å². The van der Waals surface area contributed by atoms with E-state index in [0.29, 0.717) is 0 Å². The summed E-state index contributed by atoms with van der Waals surface area (Å²) in [5.41, 5.74) is 0. The van der Waals surface area contributed by atoms with E-state index >= 15 is 0 Å². The summed E-state index contributed by atoms with van der Waals surface area (Å²) < 4.78 is 0. The lowest BCUT2D eigenvalue weighted by Gasteiger charge is -2.30. The van der Waals surface area contributed by atoms with Gasteiger partial charge in [-0.25, -0.2) is 0 Å². The maximum absolute atomic E-state index is 7.60. The predicted octanol–water partition coefficient (Wildman–Crippen LogP) is 1.61. The average molecular weight is 138 g/mol. The molecule has 0 bridgehead atoms. The van der Waals surface area contributed by atoms with Crippen molar-refractivity contribution < 1.29 is 0 Å². The van der Waals surface area contributed by atoms with Crippen molar-refractivity contribution in [3.05, 3.63) is 0 Å². The van der Waals surface area contributed by atoms with E-state index in [0.717, 1.165) is 24.8 Å². The van der Waals surface area contributed by atoms with Crippen LogP contribution in [0.25, 0.3) is 0 Å². The fourth-order valence-electron chi connectivity index (χ4n) is 2.10. The largest absolute Gasteiger partial charge is 0.358 e. The monoisotopic (exact) mass is 138 g/mol. The molecule has 0 aromatic rings. The quantitative estimate of drug-likeness (QED) is 0.541. The summed E-state index contributed by atoms with van der Waals surface area (Å²) in [7, 11) is 0. The van der Waals surface area contributed by atoms with Crippen molar-refractivity contribution in [3.8, 4) is 0 Å². The minimum atomic E-state index is 0.751. The van der Waals surface area contributed by atoms with Gasteiger partial charge in [0.2, 0.25) is 0 Å². The Balaban J connectivity index is 2.08. The highest BCUT2D eigenvalue weighted by atomic mass is 15.2. The Morgan fingerprint density at radius 3 is 3.00 bits per heavy atom. The number of hydrogen-bond donors (Lipinski definition) is 1. The standard InChI is InChI=1S/C8H14N2/c9-8-5-4-7-3-1-2-6-10(7)8/h7,9H,1-6H2/t7-/m1/s1. The molecule has 0 radical (unpaired) electrons. The van der Waals surface area contributed by atoms with Gasteiger partial charge in [0.1, 0.15) is 0 Å². The van der Waals surface area contributed by atoms with Crippen LogP contribution in [0, 0.1) is 5.41 Å². The highest BCUT2D eigenvalue weighted by Crippen LogP contribution is 2.27. The number of rotatable bonds is 0. The maximum atomic E-state index is 7.60. The van der Waals surface area contributed by atoms with Gasteiger partial charge in [-0.1, -0.05) is 0 Å². The lowest BCUT2D eigenvalue weighted by molar-refractivity contribution is 0.261. The van der Waals surface area contributed by atoms with E-state index in [1.54, 1.807) is 0 Å². The van der Waals surface area contributed by atoms with E-state index in [9.17, 15) is 0 Å². The van der Waals surface area contributed by atoms with Crippen LogP contribution in [-0.2, 0) is 0 Å². The van der Waals surface area contributed by atoms with Crippen LogP contribution in [-0.4, -0.2) is 23.3 Å². The van der Waals surface area contributed by atoms with Crippen LogP contribution in [0.1, 0.15) is 32.1 Å². The Morgan fingerprint density at radius 1 is 1.30 bits per heavy atom. The van der Waals surface area contributed by atoms with Crippen LogP contribution in [0.2, 0.25) is 0 Å². The van der Waals surface area contributed by atoms with E-state index in [-0.39, 0.29) is 0 Å². The van der Waals surface area contributed by atoms with E-state index in [1.807, 2.05) is 0 Å². The van der Waals surface area contributed by atoms with Gasteiger partial charge in [-0.15, -0.1) is 0 Å². The second-order valence-electron chi connectivity index (χ2n) is 3.33. The molecule has 1 atom stereocenters. The van der Waals surface area contributed by atoms with Gasteiger partial charge in [-0.05, 0) is 25.7 Å². The fraction of sp³-hybridized carbons (Fsp3) is 0.875. The molecule has 56 valence electrons. The molecule has 2 fully saturated rings. The third kappa shape index (κ3) is 0.825. The van der Waals surface area contributed by atoms with E-state index in [2.05, 4.69) is 4.90 Å². The second-order valence-corrected chi connectivity index (χ2v) is 3.33. The van der Waals surface area contributed by atoms with Gasteiger partial charge in [-0.3, -0.25) is 5.41 Å². The minimum absolute atomic E-state index is 0.751. The van der Waals surface area contributed by atoms with Gasteiger partial charge in [0.25, 0.3) is 0 Å². The topological polar surface area (TPSA) is 27.1 Å². The van der Waals surface area contributed by atoms with Crippen LogP contribution < -0.4 is 0 Å². The number of piperidine rings is 1. The summed E-state index contributed by atoms with van der Waals surface area (Å²) in [6, 6.07) is 0.751. The van der Waals surface area contributed by atoms with E-state index in [1.165, 1.54) is 25.7 Å². The van der Waals surface area contributed by atoms with Crippen LogP contribution >= 0.6 is 0 Å². The van der Waals surface area contributed by atoms with Gasteiger partial charge in [-0.2, -0.15) is 0 Å². The molecule has 2 heterocycles. The van der Waals surface area contributed by atoms with E-state index in [4.69, 9.17) is 5.41 Å². The first-order valence-electron chi connectivity index (χ1n) is 4.22. The molecule has 2 aliphatic heterocycles. The molecule has 2 aliphatic rings.